The monoisotopic (exact) mass is 278 g/mol. The molecular weight excluding hydrogens is 264 g/mol. The van der Waals surface area contributed by atoms with Crippen LogP contribution in [0.25, 0.3) is 5.69 Å². The van der Waals surface area contributed by atoms with E-state index in [-0.39, 0.29) is 6.61 Å². The summed E-state index contributed by atoms with van der Waals surface area (Å²) >= 11 is 1.46. The Morgan fingerprint density at radius 1 is 1.37 bits per heavy atom. The number of carbonyl (C=O) groups is 1. The molecule has 0 aliphatic carbocycles. The van der Waals surface area contributed by atoms with Crippen molar-refractivity contribution in [3.05, 3.63) is 36.2 Å². The lowest BCUT2D eigenvalue weighted by Gasteiger charge is -2.07. The SMILES string of the molecule is Cc1nnc(SCCOC(N)=O)n1-c1ccccc1. The van der Waals surface area contributed by atoms with Crippen molar-refractivity contribution in [2.45, 2.75) is 12.1 Å². The van der Waals surface area contributed by atoms with Crippen LogP contribution in [-0.4, -0.2) is 33.2 Å². The number of thioether (sulfide) groups is 1. The van der Waals surface area contributed by atoms with Crippen LogP contribution in [0, 0.1) is 6.92 Å². The van der Waals surface area contributed by atoms with Gasteiger partial charge in [-0.15, -0.1) is 10.2 Å². The number of nitrogens with zero attached hydrogens (tertiary/aromatic N) is 3. The van der Waals surface area contributed by atoms with Crippen molar-refractivity contribution < 1.29 is 9.53 Å². The molecule has 0 unspecified atom stereocenters. The third-order valence-electron chi connectivity index (χ3n) is 2.37. The molecule has 19 heavy (non-hydrogen) atoms. The predicted molar refractivity (Wildman–Crippen MR) is 72.4 cm³/mol. The van der Waals surface area contributed by atoms with Crippen LogP contribution in [0.4, 0.5) is 4.79 Å². The number of primary amides is 1. The maximum atomic E-state index is 10.5. The fourth-order valence-electron chi connectivity index (χ4n) is 1.59. The van der Waals surface area contributed by atoms with Gasteiger partial charge in [0.1, 0.15) is 12.4 Å². The Hall–Kier alpha value is -2.02. The smallest absolute Gasteiger partial charge is 0.404 e. The minimum atomic E-state index is -0.763. The van der Waals surface area contributed by atoms with Crippen LogP contribution in [0.2, 0.25) is 0 Å². The number of hydrogen-bond donors (Lipinski definition) is 1. The number of hydrogen-bond acceptors (Lipinski definition) is 5. The number of rotatable bonds is 5. The van der Waals surface area contributed by atoms with Crippen molar-refractivity contribution in [2.75, 3.05) is 12.4 Å². The molecule has 0 fully saturated rings. The summed E-state index contributed by atoms with van der Waals surface area (Å²) in [6, 6.07) is 9.84. The Morgan fingerprint density at radius 3 is 2.79 bits per heavy atom. The number of aromatic nitrogens is 3. The van der Waals surface area contributed by atoms with Crippen molar-refractivity contribution in [3.8, 4) is 5.69 Å². The van der Waals surface area contributed by atoms with Crippen molar-refractivity contribution in [3.63, 3.8) is 0 Å². The second-order valence-electron chi connectivity index (χ2n) is 3.72. The molecule has 2 N–H and O–H groups in total. The quantitative estimate of drug-likeness (QED) is 0.665. The third-order valence-corrected chi connectivity index (χ3v) is 3.26. The van der Waals surface area contributed by atoms with Gasteiger partial charge in [-0.25, -0.2) is 4.79 Å². The van der Waals surface area contributed by atoms with Gasteiger partial charge in [-0.1, -0.05) is 30.0 Å². The van der Waals surface area contributed by atoms with E-state index in [1.807, 2.05) is 41.8 Å². The zero-order chi connectivity index (χ0) is 13.7. The van der Waals surface area contributed by atoms with Crippen molar-refractivity contribution >= 4 is 17.9 Å². The highest BCUT2D eigenvalue weighted by Crippen LogP contribution is 2.21. The third kappa shape index (κ3) is 3.47. The molecule has 0 radical (unpaired) electrons. The Labute approximate surface area is 115 Å². The van der Waals surface area contributed by atoms with Crippen LogP contribution in [0.3, 0.4) is 0 Å². The molecule has 0 saturated heterocycles. The van der Waals surface area contributed by atoms with Crippen LogP contribution < -0.4 is 5.73 Å². The molecule has 1 amide bonds. The van der Waals surface area contributed by atoms with Gasteiger partial charge in [-0.3, -0.25) is 4.57 Å². The largest absolute Gasteiger partial charge is 0.449 e. The molecule has 1 heterocycles. The number of benzene rings is 1. The van der Waals surface area contributed by atoms with E-state index >= 15 is 0 Å². The van der Waals surface area contributed by atoms with E-state index in [1.165, 1.54) is 11.8 Å². The number of para-hydroxylation sites is 1. The topological polar surface area (TPSA) is 83.0 Å². The van der Waals surface area contributed by atoms with Gasteiger partial charge in [-0.2, -0.15) is 0 Å². The molecule has 100 valence electrons. The first kappa shape index (κ1) is 13.4. The maximum absolute atomic E-state index is 10.5. The van der Waals surface area contributed by atoms with E-state index in [0.717, 1.165) is 16.7 Å². The second kappa shape index (κ2) is 6.24. The van der Waals surface area contributed by atoms with Crippen molar-refractivity contribution in [2.24, 2.45) is 5.73 Å². The Bertz CT molecular complexity index is 556. The lowest BCUT2D eigenvalue weighted by molar-refractivity contribution is 0.164. The van der Waals surface area contributed by atoms with Crippen LogP contribution >= 0.6 is 11.8 Å². The van der Waals surface area contributed by atoms with Crippen LogP contribution in [-0.2, 0) is 4.74 Å². The highest BCUT2D eigenvalue weighted by molar-refractivity contribution is 7.99. The molecule has 0 aliphatic rings. The predicted octanol–water partition coefficient (Wildman–Crippen LogP) is 1.76. The molecule has 2 aromatic rings. The fraction of sp³-hybridized carbons (Fsp3) is 0.250. The van der Waals surface area contributed by atoms with Gasteiger partial charge in [0.25, 0.3) is 0 Å². The number of carbonyl (C=O) groups excluding carboxylic acids is 1. The first-order chi connectivity index (χ1) is 9.18. The molecule has 0 bridgehead atoms. The first-order valence-corrected chi connectivity index (χ1v) is 6.69. The number of ether oxygens (including phenoxy) is 1. The molecule has 0 saturated carbocycles. The zero-order valence-electron chi connectivity index (χ0n) is 10.4. The summed E-state index contributed by atoms with van der Waals surface area (Å²) in [4.78, 5) is 10.5. The van der Waals surface area contributed by atoms with E-state index < -0.39 is 6.09 Å². The summed E-state index contributed by atoms with van der Waals surface area (Å²) in [5.74, 6) is 1.39. The first-order valence-electron chi connectivity index (χ1n) is 5.71. The van der Waals surface area contributed by atoms with Gasteiger partial charge in [0.05, 0.1) is 0 Å². The summed E-state index contributed by atoms with van der Waals surface area (Å²) in [7, 11) is 0. The molecule has 1 aromatic carbocycles. The van der Waals surface area contributed by atoms with Crippen LogP contribution in [0.15, 0.2) is 35.5 Å². The van der Waals surface area contributed by atoms with Gasteiger partial charge in [0.15, 0.2) is 5.16 Å². The summed E-state index contributed by atoms with van der Waals surface area (Å²) in [6.45, 7) is 2.14. The van der Waals surface area contributed by atoms with E-state index in [2.05, 4.69) is 14.9 Å². The molecule has 0 aliphatic heterocycles. The molecule has 2 rings (SSSR count). The number of aryl methyl sites for hydroxylation is 1. The average Bonchev–Trinajstić information content (AvgIpc) is 2.77. The minimum Gasteiger partial charge on any atom is -0.449 e. The van der Waals surface area contributed by atoms with Gasteiger partial charge >= 0.3 is 6.09 Å². The van der Waals surface area contributed by atoms with E-state index in [9.17, 15) is 4.79 Å². The molecule has 1 aromatic heterocycles. The average molecular weight is 278 g/mol. The normalized spacial score (nSPS) is 10.4. The van der Waals surface area contributed by atoms with E-state index in [4.69, 9.17) is 5.73 Å². The molecule has 6 nitrogen and oxygen atoms in total. The molecular formula is C12H14N4O2S. The highest BCUT2D eigenvalue weighted by Gasteiger charge is 2.10. The van der Waals surface area contributed by atoms with Gasteiger partial charge < -0.3 is 10.5 Å². The summed E-state index contributed by atoms with van der Waals surface area (Å²) in [5, 5.41) is 8.94. The molecule has 0 atom stereocenters. The van der Waals surface area contributed by atoms with Crippen molar-refractivity contribution in [1.29, 1.82) is 0 Å². The number of nitrogens with two attached hydrogens (primary N) is 1. The molecule has 0 spiro atoms. The summed E-state index contributed by atoms with van der Waals surface area (Å²) in [5.41, 5.74) is 5.90. The second-order valence-corrected chi connectivity index (χ2v) is 4.78. The minimum absolute atomic E-state index is 0.251. The zero-order valence-corrected chi connectivity index (χ0v) is 11.3. The Balaban J connectivity index is 2.08. The van der Waals surface area contributed by atoms with Gasteiger partial charge in [0.2, 0.25) is 0 Å². The summed E-state index contributed by atoms with van der Waals surface area (Å²) < 4.78 is 6.63. The highest BCUT2D eigenvalue weighted by atomic mass is 32.2. The fourth-order valence-corrected chi connectivity index (χ4v) is 2.40. The lowest BCUT2D eigenvalue weighted by Crippen LogP contribution is -2.14. The molecule has 7 heteroatoms. The lowest BCUT2D eigenvalue weighted by atomic mass is 10.3. The maximum Gasteiger partial charge on any atom is 0.404 e. The van der Waals surface area contributed by atoms with E-state index in [0.29, 0.717) is 5.75 Å². The van der Waals surface area contributed by atoms with Crippen LogP contribution in [0.1, 0.15) is 5.82 Å². The van der Waals surface area contributed by atoms with Gasteiger partial charge in [-0.05, 0) is 19.1 Å². The summed E-state index contributed by atoms with van der Waals surface area (Å²) in [6.07, 6.45) is -0.763. The Morgan fingerprint density at radius 2 is 2.11 bits per heavy atom. The number of amides is 1. The standard InChI is InChI=1S/C12H14N4O2S/c1-9-14-15-12(19-8-7-18-11(13)17)16(9)10-5-3-2-4-6-10/h2-6H,7-8H2,1H3,(H2,13,17). The Kier molecular flexibility index (Phi) is 4.40. The van der Waals surface area contributed by atoms with Crippen molar-refractivity contribution in [1.82, 2.24) is 14.8 Å². The van der Waals surface area contributed by atoms with E-state index in [1.54, 1.807) is 0 Å². The van der Waals surface area contributed by atoms with Crippen LogP contribution in [0.5, 0.6) is 0 Å². The van der Waals surface area contributed by atoms with Gasteiger partial charge in [0, 0.05) is 11.4 Å².